The molecule has 0 radical (unpaired) electrons. The second-order valence-corrected chi connectivity index (χ2v) is 5.05. The molecule has 0 amide bonds. The van der Waals surface area contributed by atoms with Gasteiger partial charge in [-0.2, -0.15) is 5.10 Å². The minimum atomic E-state index is -0.740. The van der Waals surface area contributed by atoms with Crippen LogP contribution < -0.4 is 11.1 Å². The number of aromatic nitrogens is 4. The third-order valence-corrected chi connectivity index (χ3v) is 3.26. The van der Waals surface area contributed by atoms with Crippen molar-refractivity contribution in [1.82, 2.24) is 19.7 Å². The molecule has 0 aliphatic carbocycles. The Morgan fingerprint density at radius 3 is 2.57 bits per heavy atom. The van der Waals surface area contributed by atoms with Crippen molar-refractivity contribution >= 4 is 17.2 Å². The van der Waals surface area contributed by atoms with Crippen LogP contribution in [0.1, 0.15) is 11.4 Å². The quantitative estimate of drug-likeness (QED) is 0.776. The van der Waals surface area contributed by atoms with Gasteiger partial charge in [0.25, 0.3) is 0 Å². The molecule has 0 spiro atoms. The zero-order valence-electron chi connectivity index (χ0n) is 12.5. The molecule has 2 aromatic heterocycles. The minimum Gasteiger partial charge on any atom is -0.393 e. The maximum atomic E-state index is 13.8. The van der Waals surface area contributed by atoms with Crippen LogP contribution in [0.4, 0.5) is 26.0 Å². The number of nitrogen functional groups attached to an aromatic ring is 1. The highest BCUT2D eigenvalue weighted by atomic mass is 19.1. The summed E-state index contributed by atoms with van der Waals surface area (Å²) in [5, 5.41) is 7.06. The summed E-state index contributed by atoms with van der Waals surface area (Å²) >= 11 is 0. The van der Waals surface area contributed by atoms with E-state index >= 15 is 0 Å². The van der Waals surface area contributed by atoms with E-state index in [-0.39, 0.29) is 17.2 Å². The molecule has 1 aromatic carbocycles. The molecule has 118 valence electrons. The Morgan fingerprint density at radius 1 is 1.13 bits per heavy atom. The number of halogens is 2. The van der Waals surface area contributed by atoms with Gasteiger partial charge in [-0.3, -0.25) is 0 Å². The number of nitrogens with one attached hydrogen (secondary N) is 1. The van der Waals surface area contributed by atoms with Gasteiger partial charge in [-0.1, -0.05) is 0 Å². The highest BCUT2D eigenvalue weighted by Crippen LogP contribution is 2.27. The van der Waals surface area contributed by atoms with E-state index in [9.17, 15) is 8.78 Å². The summed E-state index contributed by atoms with van der Waals surface area (Å²) in [5.41, 5.74) is 8.03. The van der Waals surface area contributed by atoms with E-state index in [4.69, 9.17) is 5.73 Å². The lowest BCUT2D eigenvalue weighted by Crippen LogP contribution is -2.10. The Kier molecular flexibility index (Phi) is 3.65. The first-order valence-corrected chi connectivity index (χ1v) is 6.82. The molecular weight excluding hydrogens is 302 g/mol. The Bertz CT molecular complexity index is 874. The summed E-state index contributed by atoms with van der Waals surface area (Å²) in [7, 11) is 0. The summed E-state index contributed by atoms with van der Waals surface area (Å²) in [5.74, 6) is -0.800. The van der Waals surface area contributed by atoms with Gasteiger partial charge >= 0.3 is 0 Å². The van der Waals surface area contributed by atoms with Gasteiger partial charge in [0, 0.05) is 11.8 Å². The predicted molar refractivity (Wildman–Crippen MR) is 82.7 cm³/mol. The maximum Gasteiger partial charge on any atom is 0.182 e. The van der Waals surface area contributed by atoms with Crippen LogP contribution in [-0.4, -0.2) is 19.7 Å². The predicted octanol–water partition coefficient (Wildman–Crippen LogP) is 2.88. The van der Waals surface area contributed by atoms with Crippen molar-refractivity contribution in [3.8, 4) is 5.82 Å². The third kappa shape index (κ3) is 2.83. The number of aryl methyl sites for hydroxylation is 2. The number of rotatable bonds is 3. The number of hydrogen-bond acceptors (Lipinski definition) is 5. The van der Waals surface area contributed by atoms with E-state index in [1.807, 2.05) is 19.9 Å². The summed E-state index contributed by atoms with van der Waals surface area (Å²) in [4.78, 5) is 8.14. The van der Waals surface area contributed by atoms with Crippen LogP contribution in [0.15, 0.2) is 30.6 Å². The van der Waals surface area contributed by atoms with Crippen molar-refractivity contribution < 1.29 is 8.78 Å². The molecule has 0 aliphatic heterocycles. The Balaban J connectivity index is 2.01. The molecule has 0 aliphatic rings. The Morgan fingerprint density at radius 2 is 1.91 bits per heavy atom. The smallest absolute Gasteiger partial charge is 0.182 e. The monoisotopic (exact) mass is 316 g/mol. The number of anilines is 3. The number of nitrogens with zero attached hydrogens (tertiary/aromatic N) is 4. The first kappa shape index (κ1) is 14.9. The van der Waals surface area contributed by atoms with Crippen molar-refractivity contribution in [2.24, 2.45) is 0 Å². The van der Waals surface area contributed by atoms with E-state index in [1.54, 1.807) is 4.68 Å². The van der Waals surface area contributed by atoms with Crippen LogP contribution >= 0.6 is 0 Å². The molecule has 0 saturated carbocycles. The molecule has 3 aromatic rings. The molecule has 6 nitrogen and oxygen atoms in total. The van der Waals surface area contributed by atoms with Crippen LogP contribution in [0, 0.1) is 25.5 Å². The summed E-state index contributed by atoms with van der Waals surface area (Å²) in [6, 6.07) is 5.08. The van der Waals surface area contributed by atoms with Crippen LogP contribution in [0.2, 0.25) is 0 Å². The highest BCUT2D eigenvalue weighted by molar-refractivity contribution is 5.74. The second kappa shape index (κ2) is 5.64. The molecule has 0 atom stereocenters. The normalized spacial score (nSPS) is 10.8. The van der Waals surface area contributed by atoms with Gasteiger partial charge < -0.3 is 11.1 Å². The fraction of sp³-hybridized carbons (Fsp3) is 0.133. The molecule has 0 saturated heterocycles. The Hall–Kier alpha value is -3.03. The van der Waals surface area contributed by atoms with Crippen molar-refractivity contribution in [2.75, 3.05) is 11.1 Å². The molecule has 0 bridgehead atoms. The highest BCUT2D eigenvalue weighted by Gasteiger charge is 2.14. The maximum absolute atomic E-state index is 13.8. The van der Waals surface area contributed by atoms with Gasteiger partial charge in [0.15, 0.2) is 11.6 Å². The van der Waals surface area contributed by atoms with Crippen molar-refractivity contribution in [2.45, 2.75) is 13.8 Å². The molecule has 8 heteroatoms. The third-order valence-electron chi connectivity index (χ3n) is 3.26. The van der Waals surface area contributed by atoms with Gasteiger partial charge in [-0.25, -0.2) is 23.4 Å². The topological polar surface area (TPSA) is 81.7 Å². The fourth-order valence-corrected chi connectivity index (χ4v) is 2.22. The van der Waals surface area contributed by atoms with E-state index in [1.165, 1.54) is 12.4 Å². The zero-order valence-corrected chi connectivity index (χ0v) is 12.5. The van der Waals surface area contributed by atoms with E-state index in [0.717, 1.165) is 23.5 Å². The standard InChI is InChI=1S/C15H14F2N6/c1-8-5-9(2)23(22-8)15-13(18)14(19-7-20-15)21-12-4-3-10(16)6-11(12)17/h3-7H,18H2,1-2H3,(H,19,20,21). The molecule has 23 heavy (non-hydrogen) atoms. The summed E-state index contributed by atoms with van der Waals surface area (Å²) in [6.45, 7) is 3.72. The molecule has 0 fully saturated rings. The first-order chi connectivity index (χ1) is 11.0. The molecule has 2 heterocycles. The van der Waals surface area contributed by atoms with Crippen molar-refractivity contribution in [3.05, 3.63) is 53.6 Å². The van der Waals surface area contributed by atoms with Crippen LogP contribution in [0.5, 0.6) is 0 Å². The molecule has 3 rings (SSSR count). The lowest BCUT2D eigenvalue weighted by molar-refractivity contribution is 0.586. The second-order valence-electron chi connectivity index (χ2n) is 5.05. The number of hydrogen-bond donors (Lipinski definition) is 2. The van der Waals surface area contributed by atoms with Gasteiger partial charge in [0.2, 0.25) is 0 Å². The van der Waals surface area contributed by atoms with E-state index < -0.39 is 11.6 Å². The lowest BCUT2D eigenvalue weighted by atomic mass is 10.3. The number of benzene rings is 1. The summed E-state index contributed by atoms with van der Waals surface area (Å²) in [6.07, 6.45) is 1.30. The average molecular weight is 316 g/mol. The zero-order chi connectivity index (χ0) is 16.6. The molecular formula is C15H14F2N6. The SMILES string of the molecule is Cc1cc(C)n(-c2ncnc(Nc3ccc(F)cc3F)c2N)n1. The van der Waals surface area contributed by atoms with Crippen LogP contribution in [0.25, 0.3) is 5.82 Å². The molecule has 0 unspecified atom stereocenters. The first-order valence-electron chi connectivity index (χ1n) is 6.82. The van der Waals surface area contributed by atoms with Gasteiger partial charge in [-0.05, 0) is 32.0 Å². The Labute approximate surface area is 131 Å². The van der Waals surface area contributed by atoms with Gasteiger partial charge in [-0.15, -0.1) is 0 Å². The minimum absolute atomic E-state index is 0.0658. The fourth-order valence-electron chi connectivity index (χ4n) is 2.22. The van der Waals surface area contributed by atoms with Crippen LogP contribution in [0.3, 0.4) is 0 Å². The summed E-state index contributed by atoms with van der Waals surface area (Å²) < 4.78 is 28.3. The van der Waals surface area contributed by atoms with Crippen molar-refractivity contribution in [1.29, 1.82) is 0 Å². The molecule has 3 N–H and O–H groups in total. The lowest BCUT2D eigenvalue weighted by Gasteiger charge is -2.12. The van der Waals surface area contributed by atoms with E-state index in [0.29, 0.717) is 5.82 Å². The van der Waals surface area contributed by atoms with Gasteiger partial charge in [0.1, 0.15) is 23.6 Å². The van der Waals surface area contributed by atoms with Gasteiger partial charge in [0.05, 0.1) is 11.4 Å². The number of nitrogens with two attached hydrogens (primary N) is 1. The van der Waals surface area contributed by atoms with E-state index in [2.05, 4.69) is 20.4 Å². The van der Waals surface area contributed by atoms with Crippen LogP contribution in [-0.2, 0) is 0 Å². The average Bonchev–Trinajstić information content (AvgIpc) is 2.82. The van der Waals surface area contributed by atoms with Crippen molar-refractivity contribution in [3.63, 3.8) is 0 Å². The largest absolute Gasteiger partial charge is 0.393 e.